The van der Waals surface area contributed by atoms with E-state index in [1.54, 1.807) is 6.08 Å². The first kappa shape index (κ1) is 9.30. The average molecular weight is 167 g/mol. The minimum Gasteiger partial charge on any atom is -0.352 e. The lowest BCUT2D eigenvalue weighted by Gasteiger charge is -1.99. The van der Waals surface area contributed by atoms with Gasteiger partial charge < -0.3 is 5.32 Å². The smallest absolute Gasteiger partial charge is 0.243 e. The van der Waals surface area contributed by atoms with Gasteiger partial charge in [0, 0.05) is 6.54 Å². The van der Waals surface area contributed by atoms with Crippen LogP contribution in [0.3, 0.4) is 0 Å². The molecule has 2 heteroatoms. The third-order valence-corrected chi connectivity index (χ3v) is 1.89. The van der Waals surface area contributed by atoms with Crippen molar-refractivity contribution in [2.45, 2.75) is 26.7 Å². The standard InChI is InChI=1S/C10H17NO/c1-8(2)3-6-10(12)11-7-9-4-5-9/h3,6,8-9H,4-5,7H2,1-2H3,(H,11,12). The van der Waals surface area contributed by atoms with Gasteiger partial charge in [0.15, 0.2) is 0 Å². The average Bonchev–Trinajstić information content (AvgIpc) is 2.80. The van der Waals surface area contributed by atoms with Crippen LogP contribution in [0.5, 0.6) is 0 Å². The molecular weight excluding hydrogens is 150 g/mol. The molecule has 0 aromatic heterocycles. The van der Waals surface area contributed by atoms with Crippen LogP contribution in [0.1, 0.15) is 26.7 Å². The first-order chi connectivity index (χ1) is 5.68. The third kappa shape index (κ3) is 4.16. The molecule has 1 aliphatic carbocycles. The van der Waals surface area contributed by atoms with Crippen LogP contribution in [0.15, 0.2) is 12.2 Å². The summed E-state index contributed by atoms with van der Waals surface area (Å²) in [7, 11) is 0. The topological polar surface area (TPSA) is 29.1 Å². The van der Waals surface area contributed by atoms with Crippen LogP contribution in [0.2, 0.25) is 0 Å². The van der Waals surface area contributed by atoms with Gasteiger partial charge in [0.2, 0.25) is 5.91 Å². The molecule has 0 atom stereocenters. The second kappa shape index (κ2) is 4.29. The molecule has 68 valence electrons. The normalized spacial score (nSPS) is 17.2. The van der Waals surface area contributed by atoms with Gasteiger partial charge in [-0.2, -0.15) is 0 Å². The molecule has 0 unspecified atom stereocenters. The lowest BCUT2D eigenvalue weighted by Crippen LogP contribution is -2.23. The zero-order valence-electron chi connectivity index (χ0n) is 7.84. The van der Waals surface area contributed by atoms with Crippen molar-refractivity contribution in [2.24, 2.45) is 11.8 Å². The maximum absolute atomic E-state index is 11.1. The predicted octanol–water partition coefficient (Wildman–Crippen LogP) is 1.72. The van der Waals surface area contributed by atoms with Crippen LogP contribution in [0.4, 0.5) is 0 Å². The summed E-state index contributed by atoms with van der Waals surface area (Å²) in [5.41, 5.74) is 0. The van der Waals surface area contributed by atoms with Crippen molar-refractivity contribution in [1.82, 2.24) is 5.32 Å². The molecular formula is C10H17NO. The van der Waals surface area contributed by atoms with Gasteiger partial charge in [0.25, 0.3) is 0 Å². The quantitative estimate of drug-likeness (QED) is 0.635. The SMILES string of the molecule is CC(C)C=CC(=O)NCC1CC1. The van der Waals surface area contributed by atoms with Crippen molar-refractivity contribution in [2.75, 3.05) is 6.54 Å². The van der Waals surface area contributed by atoms with Gasteiger partial charge in [0.1, 0.15) is 0 Å². The van der Waals surface area contributed by atoms with E-state index in [-0.39, 0.29) is 5.91 Å². The molecule has 1 rings (SSSR count). The van der Waals surface area contributed by atoms with Gasteiger partial charge in [-0.05, 0) is 30.8 Å². The summed E-state index contributed by atoms with van der Waals surface area (Å²) in [6.07, 6.45) is 6.12. The van der Waals surface area contributed by atoms with Crippen molar-refractivity contribution < 1.29 is 4.79 Å². The molecule has 0 radical (unpaired) electrons. The van der Waals surface area contributed by atoms with Crippen LogP contribution in [0, 0.1) is 11.8 Å². The van der Waals surface area contributed by atoms with Gasteiger partial charge in [-0.1, -0.05) is 19.9 Å². The van der Waals surface area contributed by atoms with Crippen LogP contribution in [-0.4, -0.2) is 12.5 Å². The monoisotopic (exact) mass is 167 g/mol. The van der Waals surface area contributed by atoms with E-state index in [0.29, 0.717) is 5.92 Å². The van der Waals surface area contributed by atoms with Crippen LogP contribution in [0.25, 0.3) is 0 Å². The molecule has 12 heavy (non-hydrogen) atoms. The van der Waals surface area contributed by atoms with E-state index in [1.165, 1.54) is 12.8 Å². The Kier molecular flexibility index (Phi) is 3.32. The molecule has 1 amide bonds. The van der Waals surface area contributed by atoms with E-state index in [1.807, 2.05) is 6.08 Å². The minimum absolute atomic E-state index is 0.0515. The summed E-state index contributed by atoms with van der Waals surface area (Å²) in [6.45, 7) is 4.98. The van der Waals surface area contributed by atoms with Crippen LogP contribution in [-0.2, 0) is 4.79 Å². The second-order valence-electron chi connectivity index (χ2n) is 3.79. The summed E-state index contributed by atoms with van der Waals surface area (Å²) in [4.78, 5) is 11.1. The molecule has 0 aromatic carbocycles. The van der Waals surface area contributed by atoms with Crippen LogP contribution < -0.4 is 5.32 Å². The molecule has 0 saturated heterocycles. The number of carbonyl (C=O) groups excluding carboxylic acids is 1. The zero-order valence-corrected chi connectivity index (χ0v) is 7.84. The highest BCUT2D eigenvalue weighted by molar-refractivity contribution is 5.87. The Hall–Kier alpha value is -0.790. The summed E-state index contributed by atoms with van der Waals surface area (Å²) >= 11 is 0. The fourth-order valence-electron chi connectivity index (χ4n) is 0.906. The highest BCUT2D eigenvalue weighted by Crippen LogP contribution is 2.27. The van der Waals surface area contributed by atoms with Crippen molar-refractivity contribution in [1.29, 1.82) is 0 Å². The predicted molar refractivity (Wildman–Crippen MR) is 49.7 cm³/mol. The Balaban J connectivity index is 2.09. The van der Waals surface area contributed by atoms with Crippen molar-refractivity contribution in [3.63, 3.8) is 0 Å². The molecule has 0 bridgehead atoms. The Morgan fingerprint density at radius 1 is 1.58 bits per heavy atom. The third-order valence-electron chi connectivity index (χ3n) is 1.89. The van der Waals surface area contributed by atoms with Gasteiger partial charge in [-0.15, -0.1) is 0 Å². The fourth-order valence-corrected chi connectivity index (χ4v) is 0.906. The van der Waals surface area contributed by atoms with Gasteiger partial charge >= 0.3 is 0 Å². The maximum atomic E-state index is 11.1. The highest BCUT2D eigenvalue weighted by Gasteiger charge is 2.20. The Labute approximate surface area is 74.0 Å². The zero-order chi connectivity index (χ0) is 8.97. The number of carbonyl (C=O) groups is 1. The first-order valence-corrected chi connectivity index (χ1v) is 4.64. The molecule has 1 N–H and O–H groups in total. The van der Waals surface area contributed by atoms with Crippen molar-refractivity contribution in [3.05, 3.63) is 12.2 Å². The van der Waals surface area contributed by atoms with E-state index in [9.17, 15) is 4.79 Å². The highest BCUT2D eigenvalue weighted by atomic mass is 16.1. The van der Waals surface area contributed by atoms with Crippen molar-refractivity contribution >= 4 is 5.91 Å². The lowest BCUT2D eigenvalue weighted by molar-refractivity contribution is -0.116. The molecule has 0 aromatic rings. The number of rotatable bonds is 4. The van der Waals surface area contributed by atoms with E-state index >= 15 is 0 Å². The Bertz CT molecular complexity index is 180. The fraction of sp³-hybridized carbons (Fsp3) is 0.700. The summed E-state index contributed by atoms with van der Waals surface area (Å²) in [5.74, 6) is 1.27. The minimum atomic E-state index is 0.0515. The van der Waals surface area contributed by atoms with Crippen molar-refractivity contribution in [3.8, 4) is 0 Å². The molecule has 0 spiro atoms. The van der Waals surface area contributed by atoms with E-state index < -0.39 is 0 Å². The number of hydrogen-bond acceptors (Lipinski definition) is 1. The molecule has 2 nitrogen and oxygen atoms in total. The largest absolute Gasteiger partial charge is 0.352 e. The molecule has 1 fully saturated rings. The van der Waals surface area contributed by atoms with E-state index in [4.69, 9.17) is 0 Å². The van der Waals surface area contributed by atoms with Gasteiger partial charge in [-0.25, -0.2) is 0 Å². The van der Waals surface area contributed by atoms with Crippen LogP contribution >= 0.6 is 0 Å². The molecule has 1 saturated carbocycles. The van der Waals surface area contributed by atoms with E-state index in [0.717, 1.165) is 12.5 Å². The molecule has 1 aliphatic rings. The van der Waals surface area contributed by atoms with Gasteiger partial charge in [-0.3, -0.25) is 4.79 Å². The second-order valence-corrected chi connectivity index (χ2v) is 3.79. The Morgan fingerprint density at radius 2 is 2.25 bits per heavy atom. The van der Waals surface area contributed by atoms with E-state index in [2.05, 4.69) is 19.2 Å². The molecule has 0 aliphatic heterocycles. The lowest BCUT2D eigenvalue weighted by atomic mass is 10.2. The van der Waals surface area contributed by atoms with Gasteiger partial charge in [0.05, 0.1) is 0 Å². The molecule has 0 heterocycles. The number of amides is 1. The first-order valence-electron chi connectivity index (χ1n) is 4.64. The summed E-state index contributed by atoms with van der Waals surface area (Å²) in [6, 6.07) is 0. The number of hydrogen-bond donors (Lipinski definition) is 1. The summed E-state index contributed by atoms with van der Waals surface area (Å²) < 4.78 is 0. The maximum Gasteiger partial charge on any atom is 0.243 e. The number of nitrogens with one attached hydrogen (secondary N) is 1. The number of allylic oxidation sites excluding steroid dienone is 1. The summed E-state index contributed by atoms with van der Waals surface area (Å²) in [5, 5.41) is 2.87. The Morgan fingerprint density at radius 3 is 2.75 bits per heavy atom.